The summed E-state index contributed by atoms with van der Waals surface area (Å²) < 4.78 is 12.9. The molecule has 3 aromatic rings. The molecule has 1 aromatic heterocycles. The van der Waals surface area contributed by atoms with Gasteiger partial charge in [-0.15, -0.1) is 10.2 Å². The molecule has 0 aliphatic carbocycles. The zero-order chi connectivity index (χ0) is 18.5. The Bertz CT molecular complexity index is 855. The SMILES string of the molecule is COc1ccc(OCc2nnc(SCc3cc(C)cc(C)c3)n2C)cc1. The molecule has 5 nitrogen and oxygen atoms in total. The third-order valence-electron chi connectivity index (χ3n) is 4.00. The van der Waals surface area contributed by atoms with Crippen molar-refractivity contribution in [1.82, 2.24) is 14.8 Å². The highest BCUT2D eigenvalue weighted by atomic mass is 32.2. The number of benzene rings is 2. The fraction of sp³-hybridized carbons (Fsp3) is 0.300. The largest absolute Gasteiger partial charge is 0.497 e. The standard InChI is InChI=1S/C20H23N3O2S/c1-14-9-15(2)11-16(10-14)13-26-20-22-21-19(23(20)3)12-25-18-7-5-17(24-4)6-8-18/h5-11H,12-13H2,1-4H3. The van der Waals surface area contributed by atoms with Crippen molar-refractivity contribution in [3.63, 3.8) is 0 Å². The van der Waals surface area contributed by atoms with E-state index in [9.17, 15) is 0 Å². The zero-order valence-electron chi connectivity index (χ0n) is 15.5. The van der Waals surface area contributed by atoms with Crippen LogP contribution in [-0.2, 0) is 19.4 Å². The maximum Gasteiger partial charge on any atom is 0.191 e. The maximum atomic E-state index is 5.79. The van der Waals surface area contributed by atoms with Crippen LogP contribution in [0.5, 0.6) is 11.5 Å². The molecule has 26 heavy (non-hydrogen) atoms. The second-order valence-corrected chi connectivity index (χ2v) is 7.15. The molecule has 136 valence electrons. The van der Waals surface area contributed by atoms with Crippen LogP contribution in [0.1, 0.15) is 22.5 Å². The van der Waals surface area contributed by atoms with Gasteiger partial charge < -0.3 is 14.0 Å². The topological polar surface area (TPSA) is 49.2 Å². The first-order valence-electron chi connectivity index (χ1n) is 8.40. The Morgan fingerprint density at radius 3 is 2.27 bits per heavy atom. The molecule has 0 amide bonds. The molecule has 6 heteroatoms. The zero-order valence-corrected chi connectivity index (χ0v) is 16.3. The third-order valence-corrected chi connectivity index (χ3v) is 5.09. The number of aromatic nitrogens is 3. The van der Waals surface area contributed by atoms with Gasteiger partial charge in [-0.25, -0.2) is 0 Å². The number of methoxy groups -OCH3 is 1. The van der Waals surface area contributed by atoms with Crippen molar-refractivity contribution in [3.05, 3.63) is 65.0 Å². The molecule has 2 aromatic carbocycles. The first-order valence-corrected chi connectivity index (χ1v) is 9.39. The Kier molecular flexibility index (Phi) is 5.83. The number of hydrogen-bond acceptors (Lipinski definition) is 5. The molecule has 0 bridgehead atoms. The third kappa shape index (κ3) is 4.58. The van der Waals surface area contributed by atoms with Gasteiger partial charge in [-0.1, -0.05) is 41.1 Å². The van der Waals surface area contributed by atoms with Gasteiger partial charge in [0.25, 0.3) is 0 Å². The van der Waals surface area contributed by atoms with Crippen LogP contribution in [0.2, 0.25) is 0 Å². The van der Waals surface area contributed by atoms with E-state index < -0.39 is 0 Å². The van der Waals surface area contributed by atoms with Crippen LogP contribution in [0.25, 0.3) is 0 Å². The Hall–Kier alpha value is -2.47. The lowest BCUT2D eigenvalue weighted by Crippen LogP contribution is -2.04. The van der Waals surface area contributed by atoms with Crippen molar-refractivity contribution in [3.8, 4) is 11.5 Å². The van der Waals surface area contributed by atoms with E-state index in [1.807, 2.05) is 35.9 Å². The number of ether oxygens (including phenoxy) is 2. The van der Waals surface area contributed by atoms with Crippen molar-refractivity contribution in [2.45, 2.75) is 31.4 Å². The fourth-order valence-electron chi connectivity index (χ4n) is 2.72. The van der Waals surface area contributed by atoms with E-state index in [0.29, 0.717) is 6.61 Å². The molecule has 0 saturated heterocycles. The van der Waals surface area contributed by atoms with E-state index in [4.69, 9.17) is 9.47 Å². The predicted molar refractivity (Wildman–Crippen MR) is 104 cm³/mol. The molecule has 1 heterocycles. The van der Waals surface area contributed by atoms with E-state index in [2.05, 4.69) is 42.2 Å². The summed E-state index contributed by atoms with van der Waals surface area (Å²) in [5.74, 6) is 3.25. The fourth-order valence-corrected chi connectivity index (χ4v) is 3.58. The molecule has 0 unspecified atom stereocenters. The van der Waals surface area contributed by atoms with Crippen molar-refractivity contribution < 1.29 is 9.47 Å². The molecule has 0 saturated carbocycles. The summed E-state index contributed by atoms with van der Waals surface area (Å²) in [5.41, 5.74) is 3.87. The lowest BCUT2D eigenvalue weighted by atomic mass is 10.1. The average Bonchev–Trinajstić information content (AvgIpc) is 2.98. The average molecular weight is 369 g/mol. The number of thioether (sulfide) groups is 1. The van der Waals surface area contributed by atoms with Gasteiger partial charge >= 0.3 is 0 Å². The van der Waals surface area contributed by atoms with E-state index in [-0.39, 0.29) is 0 Å². The smallest absolute Gasteiger partial charge is 0.191 e. The highest BCUT2D eigenvalue weighted by Gasteiger charge is 2.10. The second-order valence-electron chi connectivity index (χ2n) is 6.21. The highest BCUT2D eigenvalue weighted by Crippen LogP contribution is 2.23. The van der Waals surface area contributed by atoms with E-state index >= 15 is 0 Å². The van der Waals surface area contributed by atoms with Crippen molar-refractivity contribution >= 4 is 11.8 Å². The molecule has 0 aliphatic rings. The minimum absolute atomic E-state index is 0.375. The summed E-state index contributed by atoms with van der Waals surface area (Å²) >= 11 is 1.68. The minimum atomic E-state index is 0.375. The Labute approximate surface area is 158 Å². The van der Waals surface area contributed by atoms with Crippen LogP contribution in [0.4, 0.5) is 0 Å². The van der Waals surface area contributed by atoms with Gasteiger partial charge in [0.05, 0.1) is 7.11 Å². The minimum Gasteiger partial charge on any atom is -0.497 e. The summed E-state index contributed by atoms with van der Waals surface area (Å²) in [7, 11) is 3.61. The monoisotopic (exact) mass is 369 g/mol. The summed E-state index contributed by atoms with van der Waals surface area (Å²) in [4.78, 5) is 0. The molecular formula is C20H23N3O2S. The number of rotatable bonds is 7. The van der Waals surface area contributed by atoms with Crippen LogP contribution < -0.4 is 9.47 Å². The van der Waals surface area contributed by atoms with Gasteiger partial charge in [0.2, 0.25) is 0 Å². The van der Waals surface area contributed by atoms with Gasteiger partial charge in [0.1, 0.15) is 18.1 Å². The van der Waals surface area contributed by atoms with Crippen molar-refractivity contribution in [2.24, 2.45) is 7.05 Å². The highest BCUT2D eigenvalue weighted by molar-refractivity contribution is 7.98. The lowest BCUT2D eigenvalue weighted by Gasteiger charge is -2.08. The van der Waals surface area contributed by atoms with Crippen molar-refractivity contribution in [1.29, 1.82) is 0 Å². The van der Waals surface area contributed by atoms with Crippen LogP contribution in [0, 0.1) is 13.8 Å². The van der Waals surface area contributed by atoms with Gasteiger partial charge in [-0.2, -0.15) is 0 Å². The predicted octanol–water partition coefficient (Wildman–Crippen LogP) is 4.31. The summed E-state index contributed by atoms with van der Waals surface area (Å²) in [6, 6.07) is 14.1. The Morgan fingerprint density at radius 2 is 1.62 bits per heavy atom. The first kappa shape index (κ1) is 18.3. The van der Waals surface area contributed by atoms with Crippen LogP contribution in [-0.4, -0.2) is 21.9 Å². The normalized spacial score (nSPS) is 10.8. The molecule has 0 atom stereocenters. The Morgan fingerprint density at radius 1 is 0.962 bits per heavy atom. The molecule has 0 aliphatic heterocycles. The van der Waals surface area contributed by atoms with Gasteiger partial charge in [0.15, 0.2) is 11.0 Å². The molecule has 0 radical (unpaired) electrons. The van der Waals surface area contributed by atoms with Crippen molar-refractivity contribution in [2.75, 3.05) is 7.11 Å². The molecule has 3 rings (SSSR count). The van der Waals surface area contributed by atoms with Gasteiger partial charge in [-0.3, -0.25) is 0 Å². The number of aryl methyl sites for hydroxylation is 2. The van der Waals surface area contributed by atoms with Gasteiger partial charge in [-0.05, 0) is 43.7 Å². The van der Waals surface area contributed by atoms with Crippen LogP contribution >= 0.6 is 11.8 Å². The summed E-state index contributed by atoms with van der Waals surface area (Å²) in [6.07, 6.45) is 0. The number of hydrogen-bond donors (Lipinski definition) is 0. The van der Waals surface area contributed by atoms with Gasteiger partial charge in [0, 0.05) is 12.8 Å². The maximum absolute atomic E-state index is 5.79. The Balaban J connectivity index is 1.60. The molecule has 0 fully saturated rings. The molecule has 0 N–H and O–H groups in total. The van der Waals surface area contributed by atoms with E-state index in [1.165, 1.54) is 16.7 Å². The van der Waals surface area contributed by atoms with Crippen LogP contribution in [0.15, 0.2) is 47.6 Å². The first-order chi connectivity index (χ1) is 12.5. The summed E-state index contributed by atoms with van der Waals surface area (Å²) in [5, 5.41) is 9.43. The lowest BCUT2D eigenvalue weighted by molar-refractivity contribution is 0.290. The number of nitrogens with zero attached hydrogens (tertiary/aromatic N) is 3. The molecule has 0 spiro atoms. The second kappa shape index (κ2) is 8.27. The molecular weight excluding hydrogens is 346 g/mol. The van der Waals surface area contributed by atoms with E-state index in [0.717, 1.165) is 28.2 Å². The summed E-state index contributed by atoms with van der Waals surface area (Å²) in [6.45, 7) is 4.62. The quantitative estimate of drug-likeness (QED) is 0.581. The van der Waals surface area contributed by atoms with E-state index in [1.54, 1.807) is 18.9 Å². The van der Waals surface area contributed by atoms with Crippen LogP contribution in [0.3, 0.4) is 0 Å².